The van der Waals surface area contributed by atoms with Crippen LogP contribution in [0, 0.1) is 5.41 Å². The number of hydrogen-bond donors (Lipinski definition) is 0. The van der Waals surface area contributed by atoms with E-state index < -0.39 is 15.3 Å². The number of anilines is 1. The highest BCUT2D eigenvalue weighted by molar-refractivity contribution is 8.16. The molecule has 5 nitrogen and oxygen atoms in total. The van der Waals surface area contributed by atoms with Gasteiger partial charge in [-0.25, -0.2) is 8.42 Å². The lowest BCUT2D eigenvalue weighted by Crippen LogP contribution is -2.38. The van der Waals surface area contributed by atoms with Crippen LogP contribution in [-0.2, 0) is 14.6 Å². The Kier molecular flexibility index (Phi) is 4.99. The Labute approximate surface area is 160 Å². The van der Waals surface area contributed by atoms with E-state index in [1.807, 2.05) is 43.9 Å². The standard InChI is InChI=1S/C19H26N2O3S2/c1-12(2)13-8-6-7-9-14(13)21-15-10-26(23,24)11-16(15)25-18(21)20-17(22)19(3,4)5/h6-9,12,15-16H,10-11H2,1-5H3/t15-,16+/m0/s1. The van der Waals surface area contributed by atoms with E-state index in [1.165, 1.54) is 11.8 Å². The minimum Gasteiger partial charge on any atom is -0.315 e. The first kappa shape index (κ1) is 19.4. The molecule has 0 bridgehead atoms. The van der Waals surface area contributed by atoms with Crippen LogP contribution < -0.4 is 4.90 Å². The first-order valence-corrected chi connectivity index (χ1v) is 11.6. The summed E-state index contributed by atoms with van der Waals surface area (Å²) in [4.78, 5) is 18.9. The van der Waals surface area contributed by atoms with Crippen LogP contribution in [0.15, 0.2) is 29.3 Å². The molecule has 26 heavy (non-hydrogen) atoms. The molecule has 1 aromatic rings. The van der Waals surface area contributed by atoms with Crippen molar-refractivity contribution in [2.75, 3.05) is 16.4 Å². The number of benzene rings is 1. The van der Waals surface area contributed by atoms with Crippen molar-refractivity contribution in [3.63, 3.8) is 0 Å². The zero-order valence-corrected chi connectivity index (χ0v) is 17.5. The Balaban J connectivity index is 2.10. The number of nitrogens with zero attached hydrogens (tertiary/aromatic N) is 2. The molecule has 2 heterocycles. The Morgan fingerprint density at radius 2 is 1.88 bits per heavy atom. The van der Waals surface area contributed by atoms with Crippen LogP contribution in [0.3, 0.4) is 0 Å². The van der Waals surface area contributed by atoms with Crippen molar-refractivity contribution in [2.45, 2.75) is 51.8 Å². The summed E-state index contributed by atoms with van der Waals surface area (Å²) in [6.07, 6.45) is 0. The van der Waals surface area contributed by atoms with Crippen molar-refractivity contribution < 1.29 is 13.2 Å². The maximum Gasteiger partial charge on any atom is 0.253 e. The number of hydrogen-bond acceptors (Lipinski definition) is 4. The van der Waals surface area contributed by atoms with Gasteiger partial charge < -0.3 is 4.90 Å². The van der Waals surface area contributed by atoms with E-state index in [4.69, 9.17) is 0 Å². The number of amidine groups is 1. The van der Waals surface area contributed by atoms with Crippen LogP contribution in [0.1, 0.15) is 46.1 Å². The Bertz CT molecular complexity index is 854. The van der Waals surface area contributed by atoms with E-state index in [0.29, 0.717) is 5.17 Å². The minimum absolute atomic E-state index is 0.0771. The van der Waals surface area contributed by atoms with Gasteiger partial charge in [-0.15, -0.1) is 0 Å². The third kappa shape index (κ3) is 3.69. The molecule has 2 saturated heterocycles. The van der Waals surface area contributed by atoms with Gasteiger partial charge in [-0.2, -0.15) is 4.99 Å². The molecule has 0 spiro atoms. The Morgan fingerprint density at radius 1 is 1.23 bits per heavy atom. The summed E-state index contributed by atoms with van der Waals surface area (Å²) in [5, 5.41) is 0.551. The number of aliphatic imine (C=N–C) groups is 1. The van der Waals surface area contributed by atoms with Crippen molar-refractivity contribution in [3.8, 4) is 0 Å². The zero-order chi connectivity index (χ0) is 19.3. The van der Waals surface area contributed by atoms with E-state index in [1.54, 1.807) is 0 Å². The first-order valence-electron chi connectivity index (χ1n) is 8.88. The van der Waals surface area contributed by atoms with Gasteiger partial charge in [0.2, 0.25) is 0 Å². The number of para-hydroxylation sites is 1. The molecule has 0 aromatic heterocycles. The maximum absolute atomic E-state index is 12.5. The summed E-state index contributed by atoms with van der Waals surface area (Å²) < 4.78 is 24.4. The number of rotatable bonds is 2. The minimum atomic E-state index is -3.06. The monoisotopic (exact) mass is 394 g/mol. The molecule has 0 aliphatic carbocycles. The second-order valence-electron chi connectivity index (χ2n) is 8.33. The highest BCUT2D eigenvalue weighted by atomic mass is 32.2. The molecular weight excluding hydrogens is 368 g/mol. The van der Waals surface area contributed by atoms with Crippen LogP contribution in [-0.4, -0.2) is 42.3 Å². The summed E-state index contributed by atoms with van der Waals surface area (Å²) in [5.74, 6) is 0.355. The van der Waals surface area contributed by atoms with Gasteiger partial charge >= 0.3 is 0 Å². The van der Waals surface area contributed by atoms with Crippen LogP contribution in [0.4, 0.5) is 5.69 Å². The number of amides is 1. The number of fused-ring (bicyclic) bond motifs is 1. The molecule has 1 aromatic carbocycles. The smallest absolute Gasteiger partial charge is 0.253 e. The summed E-state index contributed by atoms with van der Waals surface area (Å²) in [6.45, 7) is 9.76. The molecule has 2 aliphatic heterocycles. The fraction of sp³-hybridized carbons (Fsp3) is 0.579. The van der Waals surface area contributed by atoms with Crippen molar-refractivity contribution in [3.05, 3.63) is 29.8 Å². The number of thioether (sulfide) groups is 1. The molecule has 0 N–H and O–H groups in total. The molecule has 2 atom stereocenters. The van der Waals surface area contributed by atoms with Crippen LogP contribution in [0.5, 0.6) is 0 Å². The summed E-state index contributed by atoms with van der Waals surface area (Å²) >= 11 is 1.43. The van der Waals surface area contributed by atoms with Gasteiger partial charge in [-0.3, -0.25) is 4.79 Å². The average Bonchev–Trinajstić information content (AvgIpc) is 2.97. The summed E-state index contributed by atoms with van der Waals surface area (Å²) in [5.41, 5.74) is 1.52. The van der Waals surface area contributed by atoms with E-state index in [2.05, 4.69) is 24.9 Å². The third-order valence-corrected chi connectivity index (χ3v) is 7.93. The van der Waals surface area contributed by atoms with Crippen LogP contribution in [0.25, 0.3) is 0 Å². The predicted octanol–water partition coefficient (Wildman–Crippen LogP) is 3.46. The molecule has 7 heteroatoms. The van der Waals surface area contributed by atoms with E-state index in [0.717, 1.165) is 11.3 Å². The lowest BCUT2D eigenvalue weighted by Gasteiger charge is -2.28. The Hall–Kier alpha value is -1.34. The largest absolute Gasteiger partial charge is 0.315 e. The van der Waals surface area contributed by atoms with Gasteiger partial charge in [0.25, 0.3) is 5.91 Å². The van der Waals surface area contributed by atoms with Crippen LogP contribution in [0.2, 0.25) is 0 Å². The summed E-state index contributed by atoms with van der Waals surface area (Å²) in [7, 11) is -3.06. The van der Waals surface area contributed by atoms with Gasteiger partial charge in [0.15, 0.2) is 15.0 Å². The molecule has 0 saturated carbocycles. The summed E-state index contributed by atoms with van der Waals surface area (Å²) in [6, 6.07) is 7.83. The second kappa shape index (κ2) is 6.68. The highest BCUT2D eigenvalue weighted by Gasteiger charge is 2.50. The normalized spacial score (nSPS) is 26.5. The molecule has 0 unspecified atom stereocenters. The van der Waals surface area contributed by atoms with Crippen molar-refractivity contribution in [2.24, 2.45) is 10.4 Å². The van der Waals surface area contributed by atoms with Gasteiger partial charge in [0.05, 0.1) is 17.5 Å². The zero-order valence-electron chi connectivity index (χ0n) is 15.9. The number of carbonyl (C=O) groups is 1. The van der Waals surface area contributed by atoms with E-state index in [-0.39, 0.29) is 34.6 Å². The highest BCUT2D eigenvalue weighted by Crippen LogP contribution is 2.43. The SMILES string of the molecule is CC(C)c1ccccc1N1C(=NC(=O)C(C)(C)C)S[C@@H]2CS(=O)(=O)C[C@@H]21. The lowest BCUT2D eigenvalue weighted by atomic mass is 9.96. The van der Waals surface area contributed by atoms with Gasteiger partial charge in [0, 0.05) is 16.4 Å². The molecular formula is C19H26N2O3S2. The fourth-order valence-corrected chi connectivity index (χ4v) is 7.20. The maximum atomic E-state index is 12.5. The predicted molar refractivity (Wildman–Crippen MR) is 109 cm³/mol. The molecule has 142 valence electrons. The molecule has 0 radical (unpaired) electrons. The lowest BCUT2D eigenvalue weighted by molar-refractivity contribution is -0.124. The molecule has 2 aliphatic rings. The van der Waals surface area contributed by atoms with Crippen LogP contribution >= 0.6 is 11.8 Å². The van der Waals surface area contributed by atoms with Gasteiger partial charge in [0.1, 0.15) is 0 Å². The quantitative estimate of drug-likeness (QED) is 0.768. The number of sulfone groups is 1. The van der Waals surface area contributed by atoms with Crippen molar-refractivity contribution in [1.29, 1.82) is 0 Å². The average molecular weight is 395 g/mol. The Morgan fingerprint density at radius 3 is 2.50 bits per heavy atom. The van der Waals surface area contributed by atoms with Crippen molar-refractivity contribution in [1.82, 2.24) is 0 Å². The molecule has 2 fully saturated rings. The van der Waals surface area contributed by atoms with Gasteiger partial charge in [-0.1, -0.05) is 64.6 Å². The topological polar surface area (TPSA) is 66.8 Å². The van der Waals surface area contributed by atoms with E-state index >= 15 is 0 Å². The molecule has 3 rings (SSSR count). The number of carbonyl (C=O) groups excluding carboxylic acids is 1. The first-order chi connectivity index (χ1) is 12.0. The fourth-order valence-electron chi connectivity index (χ4n) is 3.30. The van der Waals surface area contributed by atoms with E-state index in [9.17, 15) is 13.2 Å². The molecule has 1 amide bonds. The van der Waals surface area contributed by atoms with Gasteiger partial charge in [-0.05, 0) is 17.5 Å². The second-order valence-corrected chi connectivity index (χ2v) is 11.7. The third-order valence-electron chi connectivity index (χ3n) is 4.72. The van der Waals surface area contributed by atoms with Crippen molar-refractivity contribution >= 4 is 38.4 Å².